The fraction of sp³-hybridized carbons (Fsp3) is 0.526. The van der Waals surface area contributed by atoms with Gasteiger partial charge in [-0.05, 0) is 31.5 Å². The van der Waals surface area contributed by atoms with E-state index in [1.165, 1.54) is 12.8 Å². The molecule has 1 atom stereocenters. The maximum atomic E-state index is 12.0. The van der Waals surface area contributed by atoms with Gasteiger partial charge in [0, 0.05) is 31.8 Å². The number of nitrogens with one attached hydrogen (secondary N) is 1. The molecule has 0 bridgehead atoms. The zero-order valence-corrected chi connectivity index (χ0v) is 14.8. The first-order chi connectivity index (χ1) is 12.2. The third-order valence-corrected chi connectivity index (χ3v) is 4.72. The second-order valence-electron chi connectivity index (χ2n) is 6.50. The second kappa shape index (κ2) is 8.76. The summed E-state index contributed by atoms with van der Waals surface area (Å²) in [4.78, 5) is 18.8. The van der Waals surface area contributed by atoms with Crippen molar-refractivity contribution >= 4 is 5.91 Å². The molecule has 1 aromatic heterocycles. The van der Waals surface area contributed by atoms with Gasteiger partial charge >= 0.3 is 0 Å². The summed E-state index contributed by atoms with van der Waals surface area (Å²) in [6, 6.07) is 10.5. The lowest BCUT2D eigenvalue weighted by atomic mass is 10.1. The van der Waals surface area contributed by atoms with Crippen LogP contribution in [0.4, 0.5) is 0 Å². The van der Waals surface area contributed by atoms with Crippen molar-refractivity contribution < 1.29 is 9.32 Å². The lowest BCUT2D eigenvalue weighted by Crippen LogP contribution is -2.40. The molecule has 2 heterocycles. The topological polar surface area (TPSA) is 71.3 Å². The van der Waals surface area contributed by atoms with E-state index in [1.807, 2.05) is 30.3 Å². The minimum atomic E-state index is 0.0470. The quantitative estimate of drug-likeness (QED) is 0.796. The minimum Gasteiger partial charge on any atom is -0.355 e. The molecule has 134 valence electrons. The third-order valence-electron chi connectivity index (χ3n) is 4.72. The van der Waals surface area contributed by atoms with Crippen molar-refractivity contribution in [1.29, 1.82) is 0 Å². The number of carbonyl (C=O) groups excluding carboxylic acids is 1. The summed E-state index contributed by atoms with van der Waals surface area (Å²) >= 11 is 0. The third kappa shape index (κ3) is 5.13. The molecule has 0 saturated carbocycles. The van der Waals surface area contributed by atoms with Gasteiger partial charge in [0.05, 0.1) is 0 Å². The van der Waals surface area contributed by atoms with Crippen LogP contribution in [0.2, 0.25) is 0 Å². The molecule has 1 aliphatic rings. The fourth-order valence-electron chi connectivity index (χ4n) is 3.33. The van der Waals surface area contributed by atoms with Gasteiger partial charge in [0.1, 0.15) is 0 Å². The molecule has 2 aromatic rings. The molecular formula is C19H26N4O2. The first-order valence-corrected chi connectivity index (χ1v) is 9.10. The van der Waals surface area contributed by atoms with Crippen LogP contribution in [0.25, 0.3) is 0 Å². The lowest BCUT2D eigenvalue weighted by Gasteiger charge is -2.22. The molecule has 1 aliphatic heterocycles. The monoisotopic (exact) mass is 342 g/mol. The van der Waals surface area contributed by atoms with Gasteiger partial charge in [-0.3, -0.25) is 9.69 Å². The molecule has 1 amide bonds. The van der Waals surface area contributed by atoms with Crippen molar-refractivity contribution in [1.82, 2.24) is 20.4 Å². The Balaban J connectivity index is 1.40. The van der Waals surface area contributed by atoms with E-state index in [0.29, 0.717) is 37.0 Å². The maximum absolute atomic E-state index is 12.0. The molecule has 25 heavy (non-hydrogen) atoms. The smallest absolute Gasteiger partial charge is 0.227 e. The molecule has 0 spiro atoms. The number of nitrogens with zero attached hydrogens (tertiary/aromatic N) is 3. The van der Waals surface area contributed by atoms with E-state index in [2.05, 4.69) is 27.3 Å². The van der Waals surface area contributed by atoms with Crippen molar-refractivity contribution in [2.45, 2.75) is 45.1 Å². The van der Waals surface area contributed by atoms with E-state index in [4.69, 9.17) is 4.52 Å². The van der Waals surface area contributed by atoms with Crippen molar-refractivity contribution in [3.05, 3.63) is 47.6 Å². The molecule has 0 aliphatic carbocycles. The highest BCUT2D eigenvalue weighted by molar-refractivity contribution is 5.76. The number of aromatic nitrogens is 2. The van der Waals surface area contributed by atoms with E-state index in [-0.39, 0.29) is 5.91 Å². The van der Waals surface area contributed by atoms with Crippen LogP contribution < -0.4 is 5.32 Å². The van der Waals surface area contributed by atoms with Crippen LogP contribution in [0.3, 0.4) is 0 Å². The summed E-state index contributed by atoms with van der Waals surface area (Å²) in [6.07, 6.45) is 3.90. The Morgan fingerprint density at radius 2 is 2.20 bits per heavy atom. The molecule has 3 rings (SSSR count). The Kier molecular flexibility index (Phi) is 6.17. The Morgan fingerprint density at radius 3 is 3.00 bits per heavy atom. The van der Waals surface area contributed by atoms with E-state index in [1.54, 1.807) is 0 Å². The number of hydrogen-bond donors (Lipinski definition) is 1. The zero-order valence-electron chi connectivity index (χ0n) is 14.8. The highest BCUT2D eigenvalue weighted by Gasteiger charge is 2.23. The van der Waals surface area contributed by atoms with E-state index >= 15 is 0 Å². The predicted octanol–water partition coefficient (Wildman–Crippen LogP) is 2.19. The van der Waals surface area contributed by atoms with Gasteiger partial charge in [-0.2, -0.15) is 4.98 Å². The van der Waals surface area contributed by atoms with Crippen LogP contribution in [0.1, 0.15) is 43.5 Å². The van der Waals surface area contributed by atoms with Gasteiger partial charge in [-0.1, -0.05) is 42.4 Å². The zero-order chi connectivity index (χ0) is 17.5. The normalized spacial score (nSPS) is 17.7. The average Bonchev–Trinajstić information content (AvgIpc) is 3.28. The number of likely N-dealkylation sites (N-methyl/N-ethyl adjacent to an activating group) is 1. The van der Waals surface area contributed by atoms with Gasteiger partial charge in [0.15, 0.2) is 5.82 Å². The van der Waals surface area contributed by atoms with E-state index in [0.717, 1.165) is 25.2 Å². The molecule has 1 saturated heterocycles. The minimum absolute atomic E-state index is 0.0470. The fourth-order valence-corrected chi connectivity index (χ4v) is 3.33. The summed E-state index contributed by atoms with van der Waals surface area (Å²) in [5.41, 5.74) is 1.14. The van der Waals surface area contributed by atoms with Crippen molar-refractivity contribution in [3.63, 3.8) is 0 Å². The highest BCUT2D eigenvalue weighted by Crippen LogP contribution is 2.15. The van der Waals surface area contributed by atoms with Crippen molar-refractivity contribution in [2.24, 2.45) is 0 Å². The molecule has 1 fully saturated rings. The molecule has 0 radical (unpaired) electrons. The van der Waals surface area contributed by atoms with Crippen LogP contribution in [0, 0.1) is 0 Å². The van der Waals surface area contributed by atoms with E-state index < -0.39 is 0 Å². The predicted molar refractivity (Wildman–Crippen MR) is 95.1 cm³/mol. The second-order valence-corrected chi connectivity index (χ2v) is 6.50. The van der Waals surface area contributed by atoms with Crippen molar-refractivity contribution in [3.8, 4) is 0 Å². The molecule has 6 heteroatoms. The van der Waals surface area contributed by atoms with Crippen LogP contribution in [-0.2, 0) is 17.6 Å². The number of benzene rings is 1. The van der Waals surface area contributed by atoms with Gasteiger partial charge in [-0.25, -0.2) is 0 Å². The largest absolute Gasteiger partial charge is 0.355 e. The number of rotatable bonds is 8. The summed E-state index contributed by atoms with van der Waals surface area (Å²) < 4.78 is 5.25. The molecule has 1 aromatic carbocycles. The van der Waals surface area contributed by atoms with Gasteiger partial charge in [-0.15, -0.1) is 0 Å². The number of likely N-dealkylation sites (tertiary alicyclic amines) is 1. The summed E-state index contributed by atoms with van der Waals surface area (Å²) in [7, 11) is 0. The van der Waals surface area contributed by atoms with Gasteiger partial charge in [0.2, 0.25) is 11.8 Å². The van der Waals surface area contributed by atoms with Gasteiger partial charge in [0.25, 0.3) is 0 Å². The van der Waals surface area contributed by atoms with Crippen LogP contribution in [0.5, 0.6) is 0 Å². The molecular weight excluding hydrogens is 316 g/mol. The highest BCUT2D eigenvalue weighted by atomic mass is 16.5. The summed E-state index contributed by atoms with van der Waals surface area (Å²) in [5.74, 6) is 1.23. The Morgan fingerprint density at radius 1 is 1.36 bits per heavy atom. The first-order valence-electron chi connectivity index (χ1n) is 9.10. The molecule has 1 N–H and O–H groups in total. The number of amides is 1. The average molecular weight is 342 g/mol. The van der Waals surface area contributed by atoms with Crippen LogP contribution in [-0.4, -0.2) is 46.6 Å². The van der Waals surface area contributed by atoms with E-state index in [9.17, 15) is 4.79 Å². The Hall–Kier alpha value is -2.21. The summed E-state index contributed by atoms with van der Waals surface area (Å²) in [5, 5.41) is 7.03. The SMILES string of the molecule is CCN1CCC[C@H]1CNC(=O)CCc1nc(Cc2ccccc2)no1. The molecule has 0 unspecified atom stereocenters. The maximum Gasteiger partial charge on any atom is 0.227 e. The van der Waals surface area contributed by atoms with Gasteiger partial charge < -0.3 is 9.84 Å². The van der Waals surface area contributed by atoms with Crippen LogP contribution in [0.15, 0.2) is 34.9 Å². The number of hydrogen-bond acceptors (Lipinski definition) is 5. The first kappa shape index (κ1) is 17.6. The Bertz CT molecular complexity index is 671. The standard InChI is InChI=1S/C19H26N4O2/c1-2-23-12-6-9-16(23)14-20-18(24)10-11-19-21-17(22-25-19)13-15-7-4-3-5-8-15/h3-5,7-8,16H,2,6,9-14H2,1H3,(H,20,24)/t16-/m0/s1. The Labute approximate surface area is 148 Å². The number of aryl methyl sites for hydroxylation is 1. The summed E-state index contributed by atoms with van der Waals surface area (Å²) in [6.45, 7) is 5.09. The molecule has 6 nitrogen and oxygen atoms in total. The van der Waals surface area contributed by atoms with Crippen LogP contribution >= 0.6 is 0 Å². The van der Waals surface area contributed by atoms with Crippen molar-refractivity contribution in [2.75, 3.05) is 19.6 Å². The lowest BCUT2D eigenvalue weighted by molar-refractivity contribution is -0.121. The number of carbonyl (C=O) groups is 1.